The van der Waals surface area contributed by atoms with Crippen molar-refractivity contribution in [3.8, 4) is 45.1 Å². The Balaban J connectivity index is 1.36. The normalized spacial score (nSPS) is 20.9. The van der Waals surface area contributed by atoms with Crippen LogP contribution in [0, 0.1) is 17.6 Å². The molecule has 3 atom stereocenters. The Kier molecular flexibility index (Phi) is 9.10. The van der Waals surface area contributed by atoms with Crippen LogP contribution in [0.25, 0.3) is 43.7 Å². The highest BCUT2D eigenvalue weighted by Crippen LogP contribution is 2.47. The highest BCUT2D eigenvalue weighted by atomic mass is 32.1. The van der Waals surface area contributed by atoms with Crippen molar-refractivity contribution >= 4 is 27.3 Å². The molecule has 1 N–H and O–H groups in total. The highest BCUT2D eigenvalue weighted by Gasteiger charge is 2.29. The van der Waals surface area contributed by atoms with Gasteiger partial charge in [-0.2, -0.15) is 0 Å². The summed E-state index contributed by atoms with van der Waals surface area (Å²) in [5.74, 6) is -0.238. The number of hydrogen-bond acceptors (Lipinski definition) is 8. The van der Waals surface area contributed by atoms with E-state index in [0.29, 0.717) is 85.2 Å². The molecule has 0 aliphatic carbocycles. The molecule has 0 radical (unpaired) electrons. The molecule has 0 spiro atoms. The SMILES string of the molecule is C=CC(=O)N1CCc2ncc(-c3nc4c5ccsc5c3-c3ccc(F)cc3OCC3CCN(C/C=C/COc5cc(F)ccc5-4)C(O)C3)cc2C1. The zero-order valence-electron chi connectivity index (χ0n) is 27.9. The smallest absolute Gasteiger partial charge is 0.246 e. The summed E-state index contributed by atoms with van der Waals surface area (Å²) >= 11 is 1.52. The first-order chi connectivity index (χ1) is 24.9. The first-order valence-electron chi connectivity index (χ1n) is 17.1. The van der Waals surface area contributed by atoms with Gasteiger partial charge in [-0.15, -0.1) is 11.3 Å². The Bertz CT molecular complexity index is 2190. The van der Waals surface area contributed by atoms with E-state index in [-0.39, 0.29) is 18.4 Å². The number of nitrogens with zero attached hydrogens (tertiary/aromatic N) is 4. The minimum absolute atomic E-state index is 0.0685. The molecule has 0 saturated carbocycles. The Morgan fingerprint density at radius 1 is 1.00 bits per heavy atom. The van der Waals surface area contributed by atoms with E-state index in [9.17, 15) is 18.7 Å². The lowest BCUT2D eigenvalue weighted by Crippen LogP contribution is -2.43. The van der Waals surface area contributed by atoms with E-state index < -0.39 is 17.9 Å². The van der Waals surface area contributed by atoms with Gasteiger partial charge in [0.05, 0.1) is 18.0 Å². The van der Waals surface area contributed by atoms with E-state index in [2.05, 4.69) is 6.58 Å². The first kappa shape index (κ1) is 33.2. The number of benzene rings is 2. The molecule has 3 unspecified atom stereocenters. The van der Waals surface area contributed by atoms with Gasteiger partial charge in [-0.1, -0.05) is 18.7 Å². The summed E-state index contributed by atoms with van der Waals surface area (Å²) in [5.41, 5.74) is 5.71. The third-order valence-corrected chi connectivity index (χ3v) is 10.9. The van der Waals surface area contributed by atoms with Crippen LogP contribution in [0.1, 0.15) is 24.1 Å². The maximum atomic E-state index is 15.0. The predicted molar refractivity (Wildman–Crippen MR) is 193 cm³/mol. The number of pyridine rings is 2. The van der Waals surface area contributed by atoms with Crippen LogP contribution in [0.15, 0.2) is 84.9 Å². The Labute approximate surface area is 298 Å². The summed E-state index contributed by atoms with van der Waals surface area (Å²) < 4.78 is 43.3. The van der Waals surface area contributed by atoms with Gasteiger partial charge in [0.1, 0.15) is 36.0 Å². The number of halogens is 2. The molecule has 1 fully saturated rings. The maximum Gasteiger partial charge on any atom is 0.246 e. The monoisotopic (exact) mass is 706 g/mol. The van der Waals surface area contributed by atoms with Crippen LogP contribution in [-0.2, 0) is 17.8 Å². The van der Waals surface area contributed by atoms with Gasteiger partial charge in [-0.05, 0) is 72.2 Å². The molecule has 3 aromatic heterocycles. The number of carbonyl (C=O) groups excluding carboxylic acids is 1. The molecule has 51 heavy (non-hydrogen) atoms. The zero-order chi connectivity index (χ0) is 35.1. The Morgan fingerprint density at radius 2 is 1.80 bits per heavy atom. The van der Waals surface area contributed by atoms with Crippen LogP contribution in [0.2, 0.25) is 0 Å². The van der Waals surface area contributed by atoms with E-state index >= 15 is 0 Å². The highest BCUT2D eigenvalue weighted by molar-refractivity contribution is 7.18. The lowest BCUT2D eigenvalue weighted by atomic mass is 9.93. The fraction of sp³-hybridized carbons (Fsp3) is 0.275. The Morgan fingerprint density at radius 3 is 2.61 bits per heavy atom. The molecule has 4 bridgehead atoms. The molecule has 2 aromatic carbocycles. The molecule has 260 valence electrons. The summed E-state index contributed by atoms with van der Waals surface area (Å²) in [6.45, 7) is 6.31. The summed E-state index contributed by atoms with van der Waals surface area (Å²) in [4.78, 5) is 26.5. The van der Waals surface area contributed by atoms with Crippen LogP contribution in [0.3, 0.4) is 0 Å². The van der Waals surface area contributed by atoms with Crippen molar-refractivity contribution in [2.75, 3.05) is 32.8 Å². The second-order valence-electron chi connectivity index (χ2n) is 13.1. The van der Waals surface area contributed by atoms with E-state index in [0.717, 1.165) is 33.3 Å². The quantitative estimate of drug-likeness (QED) is 0.151. The van der Waals surface area contributed by atoms with Crippen molar-refractivity contribution in [2.24, 2.45) is 5.92 Å². The average molecular weight is 707 g/mol. The van der Waals surface area contributed by atoms with Crippen LogP contribution in [-0.4, -0.2) is 69.9 Å². The summed E-state index contributed by atoms with van der Waals surface area (Å²) in [7, 11) is 0. The molecule has 9 heterocycles. The standard InChI is InChI=1S/C40H36F2N4O4S/c1-2-35(47)46-14-10-32-26(22-46)18-25(21-43-32)38-37-29-7-5-27(41)19-33(29)50-23-24-9-13-45(36(48)17-24)12-3-4-15-49-34-20-28(42)6-8-30(34)39(44-38)31-11-16-51-40(31)37/h2-8,11,16,18-21,24,36,48H,1,9-10,12-15,17,22-23H2/b4-3+. The molecule has 11 rings (SSSR count). The van der Waals surface area contributed by atoms with Gasteiger partial charge in [-0.25, -0.2) is 13.8 Å². The fourth-order valence-electron chi connectivity index (χ4n) is 7.25. The average Bonchev–Trinajstić information content (AvgIpc) is 3.63. The van der Waals surface area contributed by atoms with Gasteiger partial charge in [-0.3, -0.25) is 14.7 Å². The molecule has 6 aliphatic rings. The molecule has 5 aromatic rings. The molecule has 1 amide bonds. The van der Waals surface area contributed by atoms with Gasteiger partial charge in [0.25, 0.3) is 0 Å². The van der Waals surface area contributed by atoms with Crippen LogP contribution < -0.4 is 9.47 Å². The number of aromatic nitrogens is 2. The van der Waals surface area contributed by atoms with Gasteiger partial charge < -0.3 is 19.5 Å². The van der Waals surface area contributed by atoms with E-state index in [1.165, 1.54) is 41.7 Å². The van der Waals surface area contributed by atoms with E-state index in [1.807, 2.05) is 34.6 Å². The van der Waals surface area contributed by atoms with Crippen molar-refractivity contribution < 1.29 is 28.2 Å². The minimum Gasteiger partial charge on any atom is -0.493 e. The number of ether oxygens (including phenoxy) is 2. The van der Waals surface area contributed by atoms with Crippen LogP contribution >= 0.6 is 11.3 Å². The summed E-state index contributed by atoms with van der Waals surface area (Å²) in [6.07, 6.45) is 8.22. The summed E-state index contributed by atoms with van der Waals surface area (Å²) in [6, 6.07) is 13.0. The third-order valence-electron chi connectivity index (χ3n) is 9.93. The van der Waals surface area contributed by atoms with Crippen molar-refractivity contribution in [3.63, 3.8) is 0 Å². The van der Waals surface area contributed by atoms with Crippen molar-refractivity contribution in [1.29, 1.82) is 0 Å². The van der Waals surface area contributed by atoms with Crippen LogP contribution in [0.4, 0.5) is 8.78 Å². The van der Waals surface area contributed by atoms with Gasteiger partial charge in [0.2, 0.25) is 5.91 Å². The van der Waals surface area contributed by atoms with Gasteiger partial charge in [0, 0.05) is 89.0 Å². The topological polar surface area (TPSA) is 88.0 Å². The van der Waals surface area contributed by atoms with E-state index in [1.54, 1.807) is 23.2 Å². The summed E-state index contributed by atoms with van der Waals surface area (Å²) in [5, 5.41) is 13.8. The second-order valence-corrected chi connectivity index (χ2v) is 14.0. The minimum atomic E-state index is -0.648. The lowest BCUT2D eigenvalue weighted by Gasteiger charge is -2.35. The zero-order valence-corrected chi connectivity index (χ0v) is 28.7. The second kappa shape index (κ2) is 14.0. The van der Waals surface area contributed by atoms with E-state index in [4.69, 9.17) is 19.4 Å². The number of hydrogen-bond donors (Lipinski definition) is 1. The van der Waals surface area contributed by atoms with Gasteiger partial charge in [0.15, 0.2) is 0 Å². The maximum absolute atomic E-state index is 15.0. The lowest BCUT2D eigenvalue weighted by molar-refractivity contribution is -0.126. The van der Waals surface area contributed by atoms with Gasteiger partial charge >= 0.3 is 0 Å². The number of rotatable bonds is 2. The predicted octanol–water partition coefficient (Wildman–Crippen LogP) is 7.40. The van der Waals surface area contributed by atoms with Crippen molar-refractivity contribution in [2.45, 2.75) is 32.0 Å². The van der Waals surface area contributed by atoms with Crippen molar-refractivity contribution in [1.82, 2.24) is 19.8 Å². The fourth-order valence-corrected chi connectivity index (χ4v) is 8.20. The molecular weight excluding hydrogens is 671 g/mol. The molecule has 8 nitrogen and oxygen atoms in total. The van der Waals surface area contributed by atoms with Crippen LogP contribution in [0.5, 0.6) is 11.5 Å². The first-order valence-corrected chi connectivity index (χ1v) is 18.0. The number of piperidine rings is 1. The third kappa shape index (κ3) is 6.53. The number of aliphatic hydroxyl groups excluding tert-OH is 1. The number of amides is 1. The number of aliphatic hydroxyl groups is 1. The van der Waals surface area contributed by atoms with Crippen molar-refractivity contribution in [3.05, 3.63) is 108 Å². The molecule has 6 aliphatic heterocycles. The Hall–Kier alpha value is -4.97. The number of fused-ring (bicyclic) bond motifs is 1. The number of carbonyl (C=O) groups is 1. The molecular formula is C40H36F2N4O4S. The number of thiophene rings is 1. The molecule has 1 saturated heterocycles. The molecule has 11 heteroatoms. The largest absolute Gasteiger partial charge is 0.493 e.